The van der Waals surface area contributed by atoms with E-state index in [-0.39, 0.29) is 5.41 Å². The molecule has 0 aromatic heterocycles. The van der Waals surface area contributed by atoms with Crippen LogP contribution in [0.25, 0.3) is 0 Å². The molecule has 0 bridgehead atoms. The van der Waals surface area contributed by atoms with Gasteiger partial charge in [0, 0.05) is 5.41 Å². The fourth-order valence-electron chi connectivity index (χ4n) is 1.32. The molecule has 0 radical (unpaired) electrons. The van der Waals surface area contributed by atoms with Crippen molar-refractivity contribution in [3.63, 3.8) is 0 Å². The van der Waals surface area contributed by atoms with Gasteiger partial charge in [0.1, 0.15) is 0 Å². The number of benzene rings is 1. The van der Waals surface area contributed by atoms with E-state index in [2.05, 4.69) is 6.58 Å². The summed E-state index contributed by atoms with van der Waals surface area (Å²) in [7, 11) is 0. The van der Waals surface area contributed by atoms with Crippen LogP contribution in [0.3, 0.4) is 0 Å². The lowest BCUT2D eigenvalue weighted by atomic mass is 9.79. The molecule has 0 amide bonds. The van der Waals surface area contributed by atoms with E-state index in [4.69, 9.17) is 0 Å². The van der Waals surface area contributed by atoms with E-state index in [0.29, 0.717) is 0 Å². The summed E-state index contributed by atoms with van der Waals surface area (Å²) in [4.78, 5) is 0. The molecule has 0 aliphatic heterocycles. The van der Waals surface area contributed by atoms with Crippen LogP contribution < -0.4 is 0 Å². The maximum Gasteiger partial charge on any atom is 0.416 e. The van der Waals surface area contributed by atoms with Crippen LogP contribution in [0.4, 0.5) is 13.2 Å². The molecule has 88 valence electrons. The summed E-state index contributed by atoms with van der Waals surface area (Å²) in [6.45, 7) is 9.61. The van der Waals surface area contributed by atoms with Crippen LogP contribution in [-0.4, -0.2) is 0 Å². The Morgan fingerprint density at radius 1 is 1.00 bits per heavy atom. The summed E-state index contributed by atoms with van der Waals surface area (Å²) < 4.78 is 37.1. The van der Waals surface area contributed by atoms with E-state index in [1.165, 1.54) is 12.1 Å². The third-order valence-corrected chi connectivity index (χ3v) is 3.00. The van der Waals surface area contributed by atoms with Gasteiger partial charge >= 0.3 is 6.18 Å². The fraction of sp³-hybridized carbons (Fsp3) is 0.385. The lowest BCUT2D eigenvalue weighted by Gasteiger charge is -2.26. The average Bonchev–Trinajstić information content (AvgIpc) is 2.16. The molecule has 1 aromatic carbocycles. The molecule has 0 nitrogen and oxygen atoms in total. The monoisotopic (exact) mass is 228 g/mol. The first kappa shape index (κ1) is 12.8. The Balaban J connectivity index is 3.09. The van der Waals surface area contributed by atoms with E-state index in [1.54, 1.807) is 0 Å². The minimum atomic E-state index is -4.27. The molecule has 0 saturated heterocycles. The largest absolute Gasteiger partial charge is 0.416 e. The Hall–Kier alpha value is -1.25. The Labute approximate surface area is 93.8 Å². The standard InChI is InChI=1S/C13H15F3/c1-9(2)12(3,4)10-5-7-11(8-6-10)13(14,15)16/h5-8H,1H2,2-4H3. The van der Waals surface area contributed by atoms with Gasteiger partial charge in [0.2, 0.25) is 0 Å². The molecular formula is C13H15F3. The van der Waals surface area contributed by atoms with Crippen molar-refractivity contribution in [2.45, 2.75) is 32.4 Å². The van der Waals surface area contributed by atoms with Crippen LogP contribution in [0.15, 0.2) is 36.4 Å². The van der Waals surface area contributed by atoms with Crippen LogP contribution in [0.1, 0.15) is 31.9 Å². The quantitative estimate of drug-likeness (QED) is 0.651. The predicted octanol–water partition coefficient (Wildman–Crippen LogP) is 4.56. The van der Waals surface area contributed by atoms with E-state index in [9.17, 15) is 13.2 Å². The van der Waals surface area contributed by atoms with Crippen molar-refractivity contribution in [2.24, 2.45) is 0 Å². The molecular weight excluding hydrogens is 213 g/mol. The second-order valence-electron chi connectivity index (χ2n) is 4.48. The smallest absolute Gasteiger partial charge is 0.166 e. The molecule has 0 aliphatic rings. The first-order valence-electron chi connectivity index (χ1n) is 4.99. The molecule has 0 spiro atoms. The van der Waals surface area contributed by atoms with E-state index in [1.807, 2.05) is 20.8 Å². The highest BCUT2D eigenvalue weighted by atomic mass is 19.4. The molecule has 0 heterocycles. The van der Waals surface area contributed by atoms with Crippen molar-refractivity contribution in [1.82, 2.24) is 0 Å². The van der Waals surface area contributed by atoms with Gasteiger partial charge in [-0.25, -0.2) is 0 Å². The Bertz CT molecular complexity index is 383. The third kappa shape index (κ3) is 2.46. The Morgan fingerprint density at radius 3 is 1.69 bits per heavy atom. The number of hydrogen-bond donors (Lipinski definition) is 0. The van der Waals surface area contributed by atoms with Gasteiger partial charge in [-0.15, -0.1) is 0 Å². The van der Waals surface area contributed by atoms with Gasteiger partial charge < -0.3 is 0 Å². The van der Waals surface area contributed by atoms with Crippen molar-refractivity contribution in [2.75, 3.05) is 0 Å². The second kappa shape index (κ2) is 3.96. The summed E-state index contributed by atoms with van der Waals surface area (Å²) in [5, 5.41) is 0. The van der Waals surface area contributed by atoms with Gasteiger partial charge in [0.25, 0.3) is 0 Å². The second-order valence-corrected chi connectivity index (χ2v) is 4.48. The molecule has 0 atom stereocenters. The fourth-order valence-corrected chi connectivity index (χ4v) is 1.32. The zero-order valence-corrected chi connectivity index (χ0v) is 9.65. The van der Waals surface area contributed by atoms with Gasteiger partial charge in [-0.05, 0) is 24.6 Å². The highest BCUT2D eigenvalue weighted by Gasteiger charge is 2.31. The molecule has 1 rings (SSSR count). The minimum absolute atomic E-state index is 0.301. The molecule has 0 saturated carbocycles. The molecule has 0 unspecified atom stereocenters. The summed E-state index contributed by atoms with van der Waals surface area (Å²) in [6, 6.07) is 5.25. The van der Waals surface area contributed by atoms with E-state index in [0.717, 1.165) is 23.3 Å². The molecule has 0 fully saturated rings. The molecule has 1 aromatic rings. The Morgan fingerprint density at radius 2 is 1.38 bits per heavy atom. The maximum absolute atomic E-state index is 12.4. The number of halogens is 3. The van der Waals surface area contributed by atoms with Crippen LogP contribution in [0.5, 0.6) is 0 Å². The lowest BCUT2D eigenvalue weighted by molar-refractivity contribution is -0.137. The molecule has 0 N–H and O–H groups in total. The van der Waals surface area contributed by atoms with Gasteiger partial charge in [-0.1, -0.05) is 38.1 Å². The van der Waals surface area contributed by atoms with Crippen LogP contribution >= 0.6 is 0 Å². The van der Waals surface area contributed by atoms with Crippen LogP contribution in [0.2, 0.25) is 0 Å². The first-order chi connectivity index (χ1) is 7.15. The highest BCUT2D eigenvalue weighted by molar-refractivity contribution is 5.35. The van der Waals surface area contributed by atoms with Crippen LogP contribution in [0, 0.1) is 0 Å². The van der Waals surface area contributed by atoms with Gasteiger partial charge in [-0.3, -0.25) is 0 Å². The molecule has 16 heavy (non-hydrogen) atoms. The number of allylic oxidation sites excluding steroid dienone is 1. The zero-order chi connectivity index (χ0) is 12.6. The van der Waals surface area contributed by atoms with Crippen molar-refractivity contribution in [1.29, 1.82) is 0 Å². The van der Waals surface area contributed by atoms with Gasteiger partial charge in [0.05, 0.1) is 5.56 Å². The van der Waals surface area contributed by atoms with Crippen molar-refractivity contribution in [3.8, 4) is 0 Å². The minimum Gasteiger partial charge on any atom is -0.166 e. The number of alkyl halides is 3. The summed E-state index contributed by atoms with van der Waals surface area (Å²) in [5.74, 6) is 0. The zero-order valence-electron chi connectivity index (χ0n) is 9.65. The number of hydrogen-bond acceptors (Lipinski definition) is 0. The van der Waals surface area contributed by atoms with Crippen molar-refractivity contribution >= 4 is 0 Å². The number of rotatable bonds is 2. The summed E-state index contributed by atoms with van der Waals surface area (Å²) in [6.07, 6.45) is -4.27. The maximum atomic E-state index is 12.4. The topological polar surface area (TPSA) is 0 Å². The van der Waals surface area contributed by atoms with Crippen molar-refractivity contribution in [3.05, 3.63) is 47.5 Å². The third-order valence-electron chi connectivity index (χ3n) is 3.00. The van der Waals surface area contributed by atoms with Crippen molar-refractivity contribution < 1.29 is 13.2 Å². The highest BCUT2D eigenvalue weighted by Crippen LogP contribution is 2.33. The molecule has 0 aliphatic carbocycles. The SMILES string of the molecule is C=C(C)C(C)(C)c1ccc(C(F)(F)F)cc1. The summed E-state index contributed by atoms with van der Waals surface area (Å²) in [5.41, 5.74) is 0.846. The molecule has 3 heteroatoms. The predicted molar refractivity (Wildman–Crippen MR) is 59.3 cm³/mol. The van der Waals surface area contributed by atoms with Gasteiger partial charge in [0.15, 0.2) is 0 Å². The normalized spacial score (nSPS) is 12.6. The lowest BCUT2D eigenvalue weighted by Crippen LogP contribution is -2.18. The van der Waals surface area contributed by atoms with Gasteiger partial charge in [-0.2, -0.15) is 13.2 Å². The van der Waals surface area contributed by atoms with E-state index < -0.39 is 11.7 Å². The first-order valence-corrected chi connectivity index (χ1v) is 4.99. The summed E-state index contributed by atoms with van der Waals surface area (Å²) >= 11 is 0. The average molecular weight is 228 g/mol. The Kier molecular flexibility index (Phi) is 3.17. The van der Waals surface area contributed by atoms with Crippen LogP contribution in [-0.2, 0) is 11.6 Å². The van der Waals surface area contributed by atoms with E-state index >= 15 is 0 Å².